The Morgan fingerprint density at radius 3 is 2.71 bits per heavy atom. The van der Waals surface area contributed by atoms with Crippen LogP contribution in [0.25, 0.3) is 0 Å². The van der Waals surface area contributed by atoms with Gasteiger partial charge in [0.2, 0.25) is 0 Å². The summed E-state index contributed by atoms with van der Waals surface area (Å²) in [6.07, 6.45) is 1.56. The average Bonchev–Trinajstić information content (AvgIpc) is 2.57. The molecule has 6 heteroatoms. The van der Waals surface area contributed by atoms with E-state index >= 15 is 0 Å². The Kier molecular flexibility index (Phi) is 6.21. The van der Waals surface area contributed by atoms with Crippen molar-refractivity contribution in [3.8, 4) is 11.5 Å². The van der Waals surface area contributed by atoms with Gasteiger partial charge in [0, 0.05) is 5.56 Å². The van der Waals surface area contributed by atoms with Gasteiger partial charge in [-0.2, -0.15) is 5.10 Å². The number of halogens is 1. The van der Waals surface area contributed by atoms with Crippen molar-refractivity contribution in [1.29, 1.82) is 0 Å². The number of methoxy groups -OCH3 is 1. The molecule has 0 unspecified atom stereocenters. The summed E-state index contributed by atoms with van der Waals surface area (Å²) in [5, 5.41) is 4.43. The van der Waals surface area contributed by atoms with E-state index in [2.05, 4.69) is 10.5 Å². The van der Waals surface area contributed by atoms with Crippen LogP contribution in [0.15, 0.2) is 47.6 Å². The van der Waals surface area contributed by atoms with E-state index in [-0.39, 0.29) is 12.0 Å². The standard InChI is InChI=1S/C18H19ClN2O3/c1-12(2)24-17-8-7-13(9-16(17)19)11-20-21-18(22)14-5-4-6-15(10-14)23-3/h4-12H,1-3H3,(H,21,22)/b20-11+. The van der Waals surface area contributed by atoms with Crippen molar-refractivity contribution >= 4 is 23.7 Å². The fraction of sp³-hybridized carbons (Fsp3) is 0.222. The zero-order valence-corrected chi connectivity index (χ0v) is 14.5. The summed E-state index contributed by atoms with van der Waals surface area (Å²) in [7, 11) is 1.55. The number of benzene rings is 2. The highest BCUT2D eigenvalue weighted by Gasteiger charge is 2.06. The molecule has 0 fully saturated rings. The predicted octanol–water partition coefficient (Wildman–Crippen LogP) is 3.90. The van der Waals surface area contributed by atoms with Gasteiger partial charge < -0.3 is 9.47 Å². The van der Waals surface area contributed by atoms with Gasteiger partial charge in [0.25, 0.3) is 5.91 Å². The minimum Gasteiger partial charge on any atom is -0.497 e. The molecule has 2 aromatic rings. The fourth-order valence-electron chi connectivity index (χ4n) is 1.94. The minimum atomic E-state index is -0.323. The first kappa shape index (κ1) is 17.8. The fourth-order valence-corrected chi connectivity index (χ4v) is 2.17. The quantitative estimate of drug-likeness (QED) is 0.637. The molecule has 0 aromatic heterocycles. The van der Waals surface area contributed by atoms with Crippen LogP contribution < -0.4 is 14.9 Å². The molecule has 0 aliphatic rings. The van der Waals surface area contributed by atoms with E-state index in [1.807, 2.05) is 19.9 Å². The second kappa shape index (κ2) is 8.36. The summed E-state index contributed by atoms with van der Waals surface area (Å²) in [6.45, 7) is 3.86. The highest BCUT2D eigenvalue weighted by molar-refractivity contribution is 6.32. The lowest BCUT2D eigenvalue weighted by molar-refractivity contribution is 0.0955. The van der Waals surface area contributed by atoms with Crippen LogP contribution in [-0.4, -0.2) is 25.3 Å². The molecule has 0 saturated carbocycles. The smallest absolute Gasteiger partial charge is 0.271 e. The van der Waals surface area contributed by atoms with E-state index in [1.54, 1.807) is 43.5 Å². The lowest BCUT2D eigenvalue weighted by atomic mass is 10.2. The normalized spacial score (nSPS) is 10.9. The third-order valence-corrected chi connectivity index (χ3v) is 3.33. The molecular weight excluding hydrogens is 328 g/mol. The summed E-state index contributed by atoms with van der Waals surface area (Å²) < 4.78 is 10.6. The third-order valence-electron chi connectivity index (χ3n) is 3.03. The lowest BCUT2D eigenvalue weighted by Crippen LogP contribution is -2.17. The van der Waals surface area contributed by atoms with Gasteiger partial charge in [-0.3, -0.25) is 4.79 Å². The maximum atomic E-state index is 12.0. The highest BCUT2D eigenvalue weighted by atomic mass is 35.5. The van der Waals surface area contributed by atoms with Gasteiger partial charge in [-0.25, -0.2) is 5.43 Å². The van der Waals surface area contributed by atoms with Crippen molar-refractivity contribution in [2.24, 2.45) is 5.10 Å². The molecule has 2 rings (SSSR count). The van der Waals surface area contributed by atoms with Crippen LogP contribution in [0.3, 0.4) is 0 Å². The zero-order valence-electron chi connectivity index (χ0n) is 13.7. The number of hydrazone groups is 1. The number of carbonyl (C=O) groups is 1. The summed E-state index contributed by atoms with van der Waals surface area (Å²) in [5.41, 5.74) is 3.68. The van der Waals surface area contributed by atoms with Gasteiger partial charge in [0.15, 0.2) is 0 Å². The number of rotatable bonds is 6. The Balaban J connectivity index is 2.00. The van der Waals surface area contributed by atoms with E-state index in [0.717, 1.165) is 5.56 Å². The van der Waals surface area contributed by atoms with E-state index in [4.69, 9.17) is 21.1 Å². The van der Waals surface area contributed by atoms with E-state index in [1.165, 1.54) is 6.21 Å². The molecule has 0 saturated heterocycles. The number of ether oxygens (including phenoxy) is 2. The van der Waals surface area contributed by atoms with Crippen LogP contribution >= 0.6 is 11.6 Å². The Hall–Kier alpha value is -2.53. The maximum absolute atomic E-state index is 12.0. The van der Waals surface area contributed by atoms with Crippen molar-refractivity contribution < 1.29 is 14.3 Å². The Labute approximate surface area is 146 Å². The van der Waals surface area contributed by atoms with E-state index in [9.17, 15) is 4.79 Å². The molecular formula is C18H19ClN2O3. The molecule has 126 valence electrons. The van der Waals surface area contributed by atoms with E-state index < -0.39 is 0 Å². The molecule has 2 aromatic carbocycles. The predicted molar refractivity (Wildman–Crippen MR) is 95.3 cm³/mol. The summed E-state index contributed by atoms with van der Waals surface area (Å²) in [6, 6.07) is 12.1. The number of nitrogens with zero attached hydrogens (tertiary/aromatic N) is 1. The topological polar surface area (TPSA) is 59.9 Å². The zero-order chi connectivity index (χ0) is 17.5. The lowest BCUT2D eigenvalue weighted by Gasteiger charge is -2.11. The molecule has 1 N–H and O–H groups in total. The second-order valence-corrected chi connectivity index (χ2v) is 5.69. The van der Waals surface area contributed by atoms with Gasteiger partial charge in [-0.1, -0.05) is 17.7 Å². The van der Waals surface area contributed by atoms with Crippen LogP contribution in [0.4, 0.5) is 0 Å². The van der Waals surface area contributed by atoms with Crippen molar-refractivity contribution in [2.75, 3.05) is 7.11 Å². The second-order valence-electron chi connectivity index (χ2n) is 5.29. The molecule has 0 heterocycles. The largest absolute Gasteiger partial charge is 0.497 e. The summed E-state index contributed by atoms with van der Waals surface area (Å²) in [4.78, 5) is 12.0. The molecule has 0 aliphatic heterocycles. The Morgan fingerprint density at radius 1 is 1.25 bits per heavy atom. The summed E-state index contributed by atoms with van der Waals surface area (Å²) in [5.74, 6) is 0.902. The molecule has 5 nitrogen and oxygen atoms in total. The first-order chi connectivity index (χ1) is 11.5. The molecule has 0 radical (unpaired) electrons. The Bertz CT molecular complexity index is 745. The number of nitrogens with one attached hydrogen (secondary N) is 1. The van der Waals surface area contributed by atoms with Gasteiger partial charge in [-0.15, -0.1) is 0 Å². The van der Waals surface area contributed by atoms with Crippen LogP contribution in [0.2, 0.25) is 5.02 Å². The number of hydrogen-bond donors (Lipinski definition) is 1. The first-order valence-electron chi connectivity index (χ1n) is 7.43. The molecule has 0 bridgehead atoms. The van der Waals surface area contributed by atoms with E-state index in [0.29, 0.717) is 22.1 Å². The SMILES string of the molecule is COc1cccc(C(=O)N/N=C/c2ccc(OC(C)C)c(Cl)c2)c1. The average molecular weight is 347 g/mol. The van der Waals surface area contributed by atoms with Crippen molar-refractivity contribution in [2.45, 2.75) is 20.0 Å². The van der Waals surface area contributed by atoms with Gasteiger partial charge in [0.1, 0.15) is 11.5 Å². The first-order valence-corrected chi connectivity index (χ1v) is 7.81. The molecule has 0 aliphatic carbocycles. The van der Waals surface area contributed by atoms with Crippen LogP contribution in [0, 0.1) is 0 Å². The number of carbonyl (C=O) groups excluding carboxylic acids is 1. The molecule has 24 heavy (non-hydrogen) atoms. The number of hydrogen-bond acceptors (Lipinski definition) is 4. The van der Waals surface area contributed by atoms with Crippen molar-refractivity contribution in [1.82, 2.24) is 5.43 Å². The number of amides is 1. The van der Waals surface area contributed by atoms with Gasteiger partial charge in [-0.05, 0) is 55.8 Å². The Morgan fingerprint density at radius 2 is 2.04 bits per heavy atom. The molecule has 1 amide bonds. The maximum Gasteiger partial charge on any atom is 0.271 e. The van der Waals surface area contributed by atoms with Gasteiger partial charge in [0.05, 0.1) is 24.5 Å². The van der Waals surface area contributed by atoms with Crippen molar-refractivity contribution in [3.05, 3.63) is 58.6 Å². The summed E-state index contributed by atoms with van der Waals surface area (Å²) >= 11 is 6.16. The minimum absolute atomic E-state index is 0.0455. The van der Waals surface area contributed by atoms with Gasteiger partial charge >= 0.3 is 0 Å². The molecule has 0 spiro atoms. The highest BCUT2D eigenvalue weighted by Crippen LogP contribution is 2.25. The van der Waals surface area contributed by atoms with Crippen LogP contribution in [0.5, 0.6) is 11.5 Å². The van der Waals surface area contributed by atoms with Crippen LogP contribution in [-0.2, 0) is 0 Å². The van der Waals surface area contributed by atoms with Crippen molar-refractivity contribution in [3.63, 3.8) is 0 Å². The third kappa shape index (κ3) is 4.99. The monoisotopic (exact) mass is 346 g/mol. The molecule has 0 atom stereocenters. The van der Waals surface area contributed by atoms with Crippen LogP contribution in [0.1, 0.15) is 29.8 Å².